The number of anilines is 2. The zero-order chi connectivity index (χ0) is 25.5. The van der Waals surface area contributed by atoms with Gasteiger partial charge in [-0.2, -0.15) is 0 Å². The lowest BCUT2D eigenvalue weighted by Crippen LogP contribution is -2.54. The average Bonchev–Trinajstić information content (AvgIpc) is 2.78. The third-order valence-electron chi connectivity index (χ3n) is 6.82. The van der Waals surface area contributed by atoms with E-state index in [9.17, 15) is 22.8 Å². The van der Waals surface area contributed by atoms with Gasteiger partial charge >= 0.3 is 0 Å². The van der Waals surface area contributed by atoms with Gasteiger partial charge in [-0.1, -0.05) is 29.8 Å². The molecule has 0 radical (unpaired) electrons. The van der Waals surface area contributed by atoms with Gasteiger partial charge in [-0.05, 0) is 63.8 Å². The van der Waals surface area contributed by atoms with Crippen molar-refractivity contribution in [2.45, 2.75) is 57.9 Å². The first-order valence-electron chi connectivity index (χ1n) is 11.8. The van der Waals surface area contributed by atoms with E-state index in [1.807, 2.05) is 6.92 Å². The maximum absolute atomic E-state index is 14.1. The number of benzene rings is 2. The Labute approximate surface area is 206 Å². The summed E-state index contributed by atoms with van der Waals surface area (Å²) in [7, 11) is -4.19. The highest BCUT2D eigenvalue weighted by Gasteiger charge is 2.43. The van der Waals surface area contributed by atoms with Crippen molar-refractivity contribution in [1.82, 2.24) is 4.90 Å². The lowest BCUT2D eigenvalue weighted by molar-refractivity contribution is -0.136. The number of nitrogens with one attached hydrogen (secondary N) is 1. The maximum Gasteiger partial charge on any atom is 0.265 e. The first kappa shape index (κ1) is 24.9. The Hall–Kier alpha value is -3.20. The van der Waals surface area contributed by atoms with Crippen molar-refractivity contribution in [2.24, 2.45) is 5.92 Å². The summed E-state index contributed by atoms with van der Waals surface area (Å²) in [5.74, 6) is -1.09. The Morgan fingerprint density at radius 3 is 2.40 bits per heavy atom. The van der Waals surface area contributed by atoms with Gasteiger partial charge in [0.05, 0.1) is 22.7 Å². The molecule has 0 spiro atoms. The monoisotopic (exact) mass is 497 g/mol. The van der Waals surface area contributed by atoms with Crippen LogP contribution in [0.25, 0.3) is 0 Å². The molecule has 8 nitrogen and oxygen atoms in total. The Bertz CT molecular complexity index is 1280. The normalized spacial score (nSPS) is 20.3. The van der Waals surface area contributed by atoms with Gasteiger partial charge in [0.25, 0.3) is 10.0 Å². The van der Waals surface area contributed by atoms with E-state index in [1.54, 1.807) is 55.1 Å². The molecule has 1 saturated heterocycles. The van der Waals surface area contributed by atoms with Crippen molar-refractivity contribution < 1.29 is 22.8 Å². The molecule has 2 aromatic rings. The predicted molar refractivity (Wildman–Crippen MR) is 134 cm³/mol. The number of sulfonamides is 1. The summed E-state index contributed by atoms with van der Waals surface area (Å²) in [6, 6.07) is 9.04. The van der Waals surface area contributed by atoms with Crippen molar-refractivity contribution in [3.63, 3.8) is 0 Å². The van der Waals surface area contributed by atoms with Crippen LogP contribution < -0.4 is 9.62 Å². The maximum atomic E-state index is 14.1. The Balaban J connectivity index is 1.76. The van der Waals surface area contributed by atoms with Gasteiger partial charge < -0.3 is 10.2 Å². The third kappa shape index (κ3) is 4.69. The van der Waals surface area contributed by atoms with Crippen LogP contribution in [0.4, 0.5) is 11.4 Å². The number of fused-ring (bicyclic) bond motifs is 1. The summed E-state index contributed by atoms with van der Waals surface area (Å²) in [6.45, 7) is 7.66. The van der Waals surface area contributed by atoms with E-state index < -0.39 is 22.0 Å². The highest BCUT2D eigenvalue weighted by molar-refractivity contribution is 7.93. The summed E-state index contributed by atoms with van der Waals surface area (Å²) in [4.78, 5) is 40.1. The molecule has 0 saturated carbocycles. The molecule has 0 bridgehead atoms. The van der Waals surface area contributed by atoms with Crippen LogP contribution in [0.2, 0.25) is 0 Å². The first-order valence-corrected chi connectivity index (χ1v) is 13.2. The molecule has 1 N–H and O–H groups in total. The molecule has 4 rings (SSSR count). The second kappa shape index (κ2) is 9.45. The fourth-order valence-electron chi connectivity index (χ4n) is 5.24. The zero-order valence-corrected chi connectivity index (χ0v) is 21.3. The predicted octanol–water partition coefficient (Wildman–Crippen LogP) is 3.35. The molecular weight excluding hydrogens is 466 g/mol. The number of Topliss-reactive ketones (excluding diaryl/α,β-unsaturated/α-hetero) is 1. The van der Waals surface area contributed by atoms with Gasteiger partial charge in [0, 0.05) is 19.0 Å². The number of likely N-dealkylation sites (tertiary alicyclic amines) is 1. The van der Waals surface area contributed by atoms with Gasteiger partial charge in [-0.25, -0.2) is 8.42 Å². The molecule has 2 heterocycles. The Kier molecular flexibility index (Phi) is 6.73. The fraction of sp³-hybridized carbons (Fsp3) is 0.423. The number of nitrogens with zero attached hydrogens (tertiary/aromatic N) is 2. The molecule has 1 fully saturated rings. The van der Waals surface area contributed by atoms with E-state index in [4.69, 9.17) is 0 Å². The molecule has 2 aliphatic heterocycles. The Morgan fingerprint density at radius 2 is 1.74 bits per heavy atom. The van der Waals surface area contributed by atoms with Crippen LogP contribution in [0.1, 0.15) is 42.9 Å². The number of piperidine rings is 1. The Morgan fingerprint density at radius 1 is 1.09 bits per heavy atom. The second-order valence-electron chi connectivity index (χ2n) is 9.54. The molecular formula is C26H31N3O5S. The molecule has 35 heavy (non-hydrogen) atoms. The summed E-state index contributed by atoms with van der Waals surface area (Å²) < 4.78 is 29.4. The number of aryl methyl sites for hydroxylation is 3. The van der Waals surface area contributed by atoms with Crippen molar-refractivity contribution >= 4 is 39.0 Å². The van der Waals surface area contributed by atoms with Crippen molar-refractivity contribution in [1.29, 1.82) is 0 Å². The van der Waals surface area contributed by atoms with Crippen LogP contribution in [0.15, 0.2) is 41.3 Å². The summed E-state index contributed by atoms with van der Waals surface area (Å²) >= 11 is 0. The van der Waals surface area contributed by atoms with E-state index in [0.717, 1.165) is 16.3 Å². The van der Waals surface area contributed by atoms with Gasteiger partial charge in [-0.15, -0.1) is 0 Å². The highest BCUT2D eigenvalue weighted by atomic mass is 32.2. The summed E-state index contributed by atoms with van der Waals surface area (Å²) in [5, 5.41) is 2.77. The molecule has 2 aliphatic rings. The average molecular weight is 498 g/mol. The molecule has 2 atom stereocenters. The van der Waals surface area contributed by atoms with Gasteiger partial charge in [-0.3, -0.25) is 18.7 Å². The van der Waals surface area contributed by atoms with Crippen LogP contribution in [0.3, 0.4) is 0 Å². The van der Waals surface area contributed by atoms with E-state index >= 15 is 0 Å². The number of para-hydroxylation sites is 2. The highest BCUT2D eigenvalue weighted by Crippen LogP contribution is 2.39. The van der Waals surface area contributed by atoms with Crippen LogP contribution in [-0.2, 0) is 24.4 Å². The number of carbonyl (C=O) groups is 3. The third-order valence-corrected chi connectivity index (χ3v) is 8.95. The SMILES string of the molecule is CC(=O)C1CCCN(C(=O)CC2C(=O)Nc3ccccc3N2S(=O)(=O)c2c(C)cc(C)cc2C)C1. The molecule has 9 heteroatoms. The minimum Gasteiger partial charge on any atom is -0.342 e. The van der Waals surface area contributed by atoms with E-state index in [2.05, 4.69) is 5.32 Å². The molecule has 2 unspecified atom stereocenters. The minimum atomic E-state index is -4.19. The van der Waals surface area contributed by atoms with Crippen LogP contribution in [-0.4, -0.2) is 50.0 Å². The smallest absolute Gasteiger partial charge is 0.265 e. The minimum absolute atomic E-state index is 0.0290. The molecule has 2 amide bonds. The number of rotatable bonds is 5. The quantitative estimate of drug-likeness (QED) is 0.682. The van der Waals surface area contributed by atoms with Crippen LogP contribution in [0, 0.1) is 26.7 Å². The number of carbonyl (C=O) groups excluding carboxylic acids is 3. The lowest BCUT2D eigenvalue weighted by Gasteiger charge is -2.39. The number of hydrogen-bond donors (Lipinski definition) is 1. The van der Waals surface area contributed by atoms with E-state index in [-0.39, 0.29) is 28.9 Å². The lowest BCUT2D eigenvalue weighted by atomic mass is 9.94. The first-order chi connectivity index (χ1) is 16.5. The fourth-order valence-corrected chi connectivity index (χ4v) is 7.29. The zero-order valence-electron chi connectivity index (χ0n) is 20.5. The van der Waals surface area contributed by atoms with E-state index in [0.29, 0.717) is 42.0 Å². The van der Waals surface area contributed by atoms with Crippen molar-refractivity contribution in [3.05, 3.63) is 53.1 Å². The summed E-state index contributed by atoms with van der Waals surface area (Å²) in [6.07, 6.45) is 1.11. The van der Waals surface area contributed by atoms with Crippen LogP contribution in [0.5, 0.6) is 0 Å². The molecule has 2 aromatic carbocycles. The van der Waals surface area contributed by atoms with Gasteiger partial charge in [0.15, 0.2) is 0 Å². The second-order valence-corrected chi connectivity index (χ2v) is 11.3. The number of ketones is 1. The van der Waals surface area contributed by atoms with Gasteiger partial charge in [0.2, 0.25) is 11.8 Å². The number of hydrogen-bond acceptors (Lipinski definition) is 5. The van der Waals surface area contributed by atoms with Crippen LogP contribution >= 0.6 is 0 Å². The molecule has 0 aromatic heterocycles. The standard InChI is InChI=1S/C26H31N3O5S/c1-16-12-17(2)25(18(3)13-16)35(33,34)29-22-10-6-5-9-21(22)27-26(32)23(29)14-24(31)28-11-7-8-20(15-28)19(4)30/h5-6,9-10,12-13,20,23H,7-8,11,14-15H2,1-4H3,(H,27,32). The topological polar surface area (TPSA) is 104 Å². The van der Waals surface area contributed by atoms with Crippen molar-refractivity contribution in [2.75, 3.05) is 22.7 Å². The largest absolute Gasteiger partial charge is 0.342 e. The molecule has 0 aliphatic carbocycles. The summed E-state index contributed by atoms with van der Waals surface area (Å²) in [5.41, 5.74) is 2.80. The van der Waals surface area contributed by atoms with Gasteiger partial charge in [0.1, 0.15) is 11.8 Å². The molecule has 186 valence electrons. The van der Waals surface area contributed by atoms with E-state index in [1.165, 1.54) is 6.92 Å². The number of amides is 2. The van der Waals surface area contributed by atoms with Crippen molar-refractivity contribution in [3.8, 4) is 0 Å².